The first-order valence-electron chi connectivity index (χ1n) is 7.84. The summed E-state index contributed by atoms with van der Waals surface area (Å²) in [6, 6.07) is 4.53. The first kappa shape index (κ1) is 18.8. The molecule has 0 aromatic heterocycles. The highest BCUT2D eigenvalue weighted by atomic mass is 32.2. The van der Waals surface area contributed by atoms with Crippen LogP contribution in [0.4, 0.5) is 4.39 Å². The van der Waals surface area contributed by atoms with Gasteiger partial charge < -0.3 is 5.11 Å². The summed E-state index contributed by atoms with van der Waals surface area (Å²) in [5, 5.41) is 8.82. The number of likely N-dealkylation sites (N-methyl/N-ethyl adjacent to an activating group) is 1. The van der Waals surface area contributed by atoms with E-state index in [1.807, 2.05) is 0 Å². The first-order valence-corrected chi connectivity index (χ1v) is 9.45. The highest BCUT2D eigenvalue weighted by Gasteiger charge is 2.30. The molecule has 1 fully saturated rings. The van der Waals surface area contributed by atoms with Gasteiger partial charge in [-0.1, -0.05) is 12.1 Å². The number of carboxylic acid groups (broad SMARTS) is 1. The Morgan fingerprint density at radius 2 is 2.00 bits per heavy atom. The normalized spacial score (nSPS) is 17.3. The van der Waals surface area contributed by atoms with Crippen molar-refractivity contribution in [1.82, 2.24) is 9.21 Å². The van der Waals surface area contributed by atoms with Gasteiger partial charge in [0.25, 0.3) is 0 Å². The van der Waals surface area contributed by atoms with E-state index in [4.69, 9.17) is 5.11 Å². The van der Waals surface area contributed by atoms with E-state index in [1.165, 1.54) is 10.4 Å². The Labute approximate surface area is 141 Å². The van der Waals surface area contributed by atoms with Gasteiger partial charge in [-0.3, -0.25) is 9.69 Å². The molecule has 134 valence electrons. The van der Waals surface area contributed by atoms with Crippen molar-refractivity contribution in [3.8, 4) is 0 Å². The van der Waals surface area contributed by atoms with Crippen LogP contribution in [0.15, 0.2) is 18.2 Å². The molecule has 0 saturated carbocycles. The van der Waals surface area contributed by atoms with E-state index in [0.717, 1.165) is 0 Å². The third-order valence-electron chi connectivity index (χ3n) is 4.41. The van der Waals surface area contributed by atoms with Crippen molar-refractivity contribution in [1.29, 1.82) is 0 Å². The van der Waals surface area contributed by atoms with Crippen LogP contribution < -0.4 is 0 Å². The lowest BCUT2D eigenvalue weighted by molar-refractivity contribution is -0.138. The molecule has 1 aromatic carbocycles. The largest absolute Gasteiger partial charge is 0.480 e. The summed E-state index contributed by atoms with van der Waals surface area (Å²) < 4.78 is 40.0. The molecule has 0 bridgehead atoms. The third kappa shape index (κ3) is 4.75. The van der Waals surface area contributed by atoms with E-state index in [9.17, 15) is 17.6 Å². The second-order valence-electron chi connectivity index (χ2n) is 6.28. The van der Waals surface area contributed by atoms with Crippen molar-refractivity contribution in [3.05, 3.63) is 35.1 Å². The van der Waals surface area contributed by atoms with Crippen LogP contribution in [0.3, 0.4) is 0 Å². The van der Waals surface area contributed by atoms with Crippen LogP contribution >= 0.6 is 0 Å². The number of benzene rings is 1. The molecule has 2 rings (SSSR count). The lowest BCUT2D eigenvalue weighted by Gasteiger charge is -2.35. The van der Waals surface area contributed by atoms with Crippen LogP contribution in [-0.2, 0) is 20.6 Å². The van der Waals surface area contributed by atoms with Crippen LogP contribution in [0.25, 0.3) is 0 Å². The maximum atomic E-state index is 13.6. The molecule has 1 N–H and O–H groups in total. The molecule has 6 nitrogen and oxygen atoms in total. The molecule has 1 aliphatic rings. The summed E-state index contributed by atoms with van der Waals surface area (Å²) in [6.45, 7) is 2.28. The second kappa shape index (κ2) is 7.58. The van der Waals surface area contributed by atoms with Crippen LogP contribution in [-0.4, -0.2) is 61.4 Å². The molecule has 0 radical (unpaired) electrons. The predicted octanol–water partition coefficient (Wildman–Crippen LogP) is 1.44. The SMILES string of the molecule is Cc1ccc(CS(=O)(=O)N2CCC(N(C)CC(=O)O)CC2)cc1F. The van der Waals surface area contributed by atoms with Gasteiger partial charge in [0.15, 0.2) is 0 Å². The average molecular weight is 358 g/mol. The fourth-order valence-corrected chi connectivity index (χ4v) is 4.48. The molecule has 0 aliphatic carbocycles. The molecule has 1 aliphatic heterocycles. The summed E-state index contributed by atoms with van der Waals surface area (Å²) in [4.78, 5) is 12.5. The van der Waals surface area contributed by atoms with Crippen LogP contribution in [0, 0.1) is 12.7 Å². The highest BCUT2D eigenvalue weighted by Crippen LogP contribution is 2.21. The van der Waals surface area contributed by atoms with E-state index < -0.39 is 21.8 Å². The number of nitrogens with zero attached hydrogens (tertiary/aromatic N) is 2. The van der Waals surface area contributed by atoms with Crippen molar-refractivity contribution in [2.24, 2.45) is 0 Å². The number of aliphatic carboxylic acids is 1. The Morgan fingerprint density at radius 1 is 1.38 bits per heavy atom. The Bertz CT molecular complexity index is 700. The number of piperidine rings is 1. The van der Waals surface area contributed by atoms with Gasteiger partial charge in [-0.05, 0) is 44.0 Å². The second-order valence-corrected chi connectivity index (χ2v) is 8.25. The quantitative estimate of drug-likeness (QED) is 0.833. The lowest BCUT2D eigenvalue weighted by Crippen LogP contribution is -2.46. The molecule has 0 atom stereocenters. The fourth-order valence-electron chi connectivity index (χ4n) is 2.93. The zero-order chi connectivity index (χ0) is 17.9. The maximum absolute atomic E-state index is 13.6. The van der Waals surface area contributed by atoms with E-state index in [-0.39, 0.29) is 18.3 Å². The van der Waals surface area contributed by atoms with E-state index in [2.05, 4.69) is 0 Å². The molecule has 1 saturated heterocycles. The van der Waals surface area contributed by atoms with Gasteiger partial charge in [0.2, 0.25) is 10.0 Å². The Hall–Kier alpha value is -1.51. The predicted molar refractivity (Wildman–Crippen MR) is 88.6 cm³/mol. The number of aryl methyl sites for hydroxylation is 1. The Morgan fingerprint density at radius 3 is 2.54 bits per heavy atom. The van der Waals surface area contributed by atoms with Crippen molar-refractivity contribution >= 4 is 16.0 Å². The van der Waals surface area contributed by atoms with Crippen LogP contribution in [0.2, 0.25) is 0 Å². The monoisotopic (exact) mass is 358 g/mol. The average Bonchev–Trinajstić information content (AvgIpc) is 2.50. The number of hydrogen-bond donors (Lipinski definition) is 1. The standard InChI is InChI=1S/C16H23FN2O4S/c1-12-3-4-13(9-15(12)17)11-24(22,23)19-7-5-14(6-8-19)18(2)10-16(20)21/h3-4,9,14H,5-8,10-11H2,1-2H3,(H,20,21). The molecule has 0 amide bonds. The maximum Gasteiger partial charge on any atom is 0.317 e. The van der Waals surface area contributed by atoms with Gasteiger partial charge >= 0.3 is 5.97 Å². The van der Waals surface area contributed by atoms with Gasteiger partial charge in [0, 0.05) is 19.1 Å². The molecule has 0 spiro atoms. The molecule has 8 heteroatoms. The van der Waals surface area contributed by atoms with Crippen molar-refractivity contribution in [2.75, 3.05) is 26.7 Å². The first-order chi connectivity index (χ1) is 11.2. The summed E-state index contributed by atoms with van der Waals surface area (Å²) in [6.07, 6.45) is 1.18. The number of carbonyl (C=O) groups is 1. The molecular formula is C16H23FN2O4S. The van der Waals surface area contributed by atoms with E-state index >= 15 is 0 Å². The van der Waals surface area contributed by atoms with Crippen LogP contribution in [0.1, 0.15) is 24.0 Å². The molecule has 1 aromatic rings. The smallest absolute Gasteiger partial charge is 0.317 e. The number of sulfonamides is 1. The molecule has 24 heavy (non-hydrogen) atoms. The van der Waals surface area contributed by atoms with Gasteiger partial charge in [-0.2, -0.15) is 0 Å². The Balaban J connectivity index is 1.96. The van der Waals surface area contributed by atoms with Gasteiger partial charge in [-0.15, -0.1) is 0 Å². The zero-order valence-corrected chi connectivity index (χ0v) is 14.7. The van der Waals surface area contributed by atoms with E-state index in [0.29, 0.717) is 37.1 Å². The highest BCUT2D eigenvalue weighted by molar-refractivity contribution is 7.88. The van der Waals surface area contributed by atoms with Crippen molar-refractivity contribution in [3.63, 3.8) is 0 Å². The van der Waals surface area contributed by atoms with E-state index in [1.54, 1.807) is 31.0 Å². The molecule has 0 unspecified atom stereocenters. The minimum atomic E-state index is -3.51. The third-order valence-corrected chi connectivity index (χ3v) is 6.26. The number of halogens is 1. The van der Waals surface area contributed by atoms with Crippen molar-refractivity contribution < 1.29 is 22.7 Å². The number of rotatable bonds is 6. The fraction of sp³-hybridized carbons (Fsp3) is 0.562. The summed E-state index contributed by atoms with van der Waals surface area (Å²) in [5.41, 5.74) is 0.918. The minimum Gasteiger partial charge on any atom is -0.480 e. The number of carboxylic acids is 1. The topological polar surface area (TPSA) is 77.9 Å². The van der Waals surface area contributed by atoms with Crippen molar-refractivity contribution in [2.45, 2.75) is 31.6 Å². The Kier molecular flexibility index (Phi) is 5.95. The summed E-state index contributed by atoms with van der Waals surface area (Å²) in [7, 11) is -1.77. The number of hydrogen-bond acceptors (Lipinski definition) is 4. The summed E-state index contributed by atoms with van der Waals surface area (Å²) in [5.74, 6) is -1.52. The lowest BCUT2D eigenvalue weighted by atomic mass is 10.1. The molecular weight excluding hydrogens is 335 g/mol. The zero-order valence-electron chi connectivity index (χ0n) is 13.9. The molecule has 1 heterocycles. The van der Waals surface area contributed by atoms with Gasteiger partial charge in [0.1, 0.15) is 5.82 Å². The van der Waals surface area contributed by atoms with Gasteiger partial charge in [0.05, 0.1) is 12.3 Å². The van der Waals surface area contributed by atoms with Crippen LogP contribution in [0.5, 0.6) is 0 Å². The minimum absolute atomic E-state index is 0.0555. The summed E-state index contributed by atoms with van der Waals surface area (Å²) >= 11 is 0. The van der Waals surface area contributed by atoms with Gasteiger partial charge in [-0.25, -0.2) is 17.1 Å².